The third kappa shape index (κ3) is 7.72. The largest absolute Gasteiger partial charge is 0.452 e. The molecule has 1 aromatic heterocycles. The fourth-order valence-electron chi connectivity index (χ4n) is 3.05. The topological polar surface area (TPSA) is 112 Å². The number of imide groups is 1. The van der Waals surface area contributed by atoms with Crippen molar-refractivity contribution in [2.45, 2.75) is 6.54 Å². The van der Waals surface area contributed by atoms with Crippen molar-refractivity contribution >= 4 is 24.0 Å². The molecule has 0 aliphatic carbocycles. The number of nitrogens with zero attached hydrogens (tertiary/aromatic N) is 2. The number of aromatic nitrogens is 2. The molecule has 0 aliphatic rings. The summed E-state index contributed by atoms with van der Waals surface area (Å²) in [7, 11) is 1.49. The van der Waals surface area contributed by atoms with E-state index >= 15 is 0 Å². The lowest BCUT2D eigenvalue weighted by atomic mass is 10.1. The molecule has 9 heteroatoms. The summed E-state index contributed by atoms with van der Waals surface area (Å²) in [5, 5.41) is 9.18. The van der Waals surface area contributed by atoms with Crippen LogP contribution in [0.25, 0.3) is 17.3 Å². The first-order valence-corrected chi connectivity index (χ1v) is 10.6. The maximum Gasteiger partial charge on any atom is 0.331 e. The van der Waals surface area contributed by atoms with Crippen LogP contribution in [0.1, 0.15) is 11.1 Å². The molecule has 1 heterocycles. The van der Waals surface area contributed by atoms with E-state index in [0.717, 1.165) is 16.7 Å². The van der Waals surface area contributed by atoms with Gasteiger partial charge in [0.05, 0.1) is 18.8 Å². The number of hydrogen-bond acceptors (Lipinski definition) is 6. The van der Waals surface area contributed by atoms with Crippen LogP contribution in [0.3, 0.4) is 0 Å². The van der Waals surface area contributed by atoms with Gasteiger partial charge in [0.25, 0.3) is 5.91 Å². The number of hydrogen-bond donors (Lipinski definition) is 2. The Morgan fingerprint density at radius 2 is 1.74 bits per heavy atom. The zero-order chi connectivity index (χ0) is 24.2. The highest BCUT2D eigenvalue weighted by atomic mass is 16.5. The Bertz CT molecular complexity index is 1130. The summed E-state index contributed by atoms with van der Waals surface area (Å²) >= 11 is 0. The van der Waals surface area contributed by atoms with Crippen molar-refractivity contribution < 1.29 is 23.9 Å². The summed E-state index contributed by atoms with van der Waals surface area (Å²) in [6, 6.07) is 18.8. The van der Waals surface area contributed by atoms with E-state index in [1.807, 2.05) is 66.9 Å². The number of urea groups is 1. The van der Waals surface area contributed by atoms with Gasteiger partial charge in [0.1, 0.15) is 0 Å². The lowest BCUT2D eigenvalue weighted by Gasteiger charge is -2.06. The summed E-state index contributed by atoms with van der Waals surface area (Å²) in [6.07, 6.45) is 4.66. The predicted octanol–water partition coefficient (Wildman–Crippen LogP) is 2.63. The maximum absolute atomic E-state index is 12.1. The van der Waals surface area contributed by atoms with E-state index in [1.54, 1.807) is 10.8 Å². The molecule has 0 atom stereocenters. The average molecular weight is 463 g/mol. The van der Waals surface area contributed by atoms with Crippen molar-refractivity contribution in [3.8, 4) is 11.3 Å². The molecule has 2 aromatic carbocycles. The van der Waals surface area contributed by atoms with Gasteiger partial charge in [-0.15, -0.1) is 0 Å². The number of benzene rings is 2. The third-order valence-electron chi connectivity index (χ3n) is 4.61. The minimum atomic E-state index is -0.739. The van der Waals surface area contributed by atoms with Gasteiger partial charge in [0, 0.05) is 37.1 Å². The summed E-state index contributed by atoms with van der Waals surface area (Å²) in [5.74, 6) is -1.46. The van der Waals surface area contributed by atoms with Crippen LogP contribution >= 0.6 is 0 Å². The van der Waals surface area contributed by atoms with Crippen LogP contribution in [-0.2, 0) is 25.6 Å². The quantitative estimate of drug-likeness (QED) is 0.272. The monoisotopic (exact) mass is 462 g/mol. The van der Waals surface area contributed by atoms with E-state index < -0.39 is 24.5 Å². The number of amides is 3. The van der Waals surface area contributed by atoms with Crippen molar-refractivity contribution in [1.82, 2.24) is 20.4 Å². The van der Waals surface area contributed by atoms with E-state index in [-0.39, 0.29) is 6.54 Å². The zero-order valence-corrected chi connectivity index (χ0v) is 18.8. The van der Waals surface area contributed by atoms with Gasteiger partial charge in [-0.2, -0.15) is 5.10 Å². The van der Waals surface area contributed by atoms with Crippen LogP contribution in [0.15, 0.2) is 72.9 Å². The van der Waals surface area contributed by atoms with E-state index in [0.29, 0.717) is 18.8 Å². The highest BCUT2D eigenvalue weighted by Gasteiger charge is 2.12. The first kappa shape index (κ1) is 24.4. The molecule has 3 amide bonds. The molecule has 0 spiro atoms. The molecule has 0 aliphatic heterocycles. The standard InChI is InChI=1S/C25H26N4O5/c1-33-15-14-26-25(32)27-22(30)18-34-23(31)13-12-21-17-29(16-19-8-4-2-5-9-19)28-24(21)20-10-6-3-7-11-20/h2-13,17H,14-16,18H2,1H3,(H2,26,27,30,32)/b13-12+. The molecule has 2 N–H and O–H groups in total. The number of nitrogens with one attached hydrogen (secondary N) is 2. The van der Waals surface area contributed by atoms with Gasteiger partial charge in [0.15, 0.2) is 6.61 Å². The van der Waals surface area contributed by atoms with E-state index in [4.69, 9.17) is 9.47 Å². The maximum atomic E-state index is 12.1. The molecule has 0 radical (unpaired) electrons. The minimum absolute atomic E-state index is 0.250. The van der Waals surface area contributed by atoms with Gasteiger partial charge in [-0.3, -0.25) is 14.8 Å². The van der Waals surface area contributed by atoms with Gasteiger partial charge in [-0.1, -0.05) is 60.7 Å². The van der Waals surface area contributed by atoms with Crippen LogP contribution in [0, 0.1) is 0 Å². The number of ether oxygens (including phenoxy) is 2. The van der Waals surface area contributed by atoms with Gasteiger partial charge in [0.2, 0.25) is 0 Å². The van der Waals surface area contributed by atoms with Crippen LogP contribution in [0.4, 0.5) is 4.79 Å². The van der Waals surface area contributed by atoms with Crippen molar-refractivity contribution in [2.75, 3.05) is 26.9 Å². The van der Waals surface area contributed by atoms with Crippen LogP contribution in [0.5, 0.6) is 0 Å². The van der Waals surface area contributed by atoms with Crippen molar-refractivity contribution in [2.24, 2.45) is 0 Å². The average Bonchev–Trinajstić information content (AvgIpc) is 3.25. The van der Waals surface area contributed by atoms with Gasteiger partial charge >= 0.3 is 12.0 Å². The Morgan fingerprint density at radius 3 is 2.44 bits per heavy atom. The lowest BCUT2D eigenvalue weighted by Crippen LogP contribution is -2.42. The molecular weight excluding hydrogens is 436 g/mol. The number of carbonyl (C=O) groups is 3. The second-order valence-corrected chi connectivity index (χ2v) is 7.22. The number of rotatable bonds is 10. The van der Waals surface area contributed by atoms with E-state index in [2.05, 4.69) is 15.7 Å². The minimum Gasteiger partial charge on any atom is -0.452 e. The Balaban J connectivity index is 1.62. The SMILES string of the molecule is COCCNC(=O)NC(=O)COC(=O)/C=C/c1cn(Cc2ccccc2)nc1-c1ccccc1. The molecule has 3 rings (SSSR count). The van der Waals surface area contributed by atoms with Gasteiger partial charge in [-0.25, -0.2) is 9.59 Å². The van der Waals surface area contributed by atoms with Gasteiger partial charge in [-0.05, 0) is 11.6 Å². The zero-order valence-electron chi connectivity index (χ0n) is 18.8. The molecule has 0 bridgehead atoms. The summed E-state index contributed by atoms with van der Waals surface area (Å²) < 4.78 is 11.5. The van der Waals surface area contributed by atoms with Crippen LogP contribution in [0.2, 0.25) is 0 Å². The fraction of sp³-hybridized carbons (Fsp3) is 0.200. The Hall–Kier alpha value is -4.24. The molecule has 0 saturated carbocycles. The van der Waals surface area contributed by atoms with Crippen LogP contribution < -0.4 is 10.6 Å². The smallest absolute Gasteiger partial charge is 0.331 e. The summed E-state index contributed by atoms with van der Waals surface area (Å²) in [5.41, 5.74) is 3.44. The van der Waals surface area contributed by atoms with E-state index in [9.17, 15) is 14.4 Å². The Morgan fingerprint density at radius 1 is 1.03 bits per heavy atom. The van der Waals surface area contributed by atoms with Crippen molar-refractivity contribution in [3.63, 3.8) is 0 Å². The lowest BCUT2D eigenvalue weighted by molar-refractivity contribution is -0.143. The van der Waals surface area contributed by atoms with Crippen molar-refractivity contribution in [3.05, 3.63) is 84.1 Å². The summed E-state index contributed by atoms with van der Waals surface area (Å²) in [4.78, 5) is 35.4. The summed E-state index contributed by atoms with van der Waals surface area (Å²) in [6.45, 7) is 0.555. The molecule has 3 aromatic rings. The third-order valence-corrected chi connectivity index (χ3v) is 4.61. The van der Waals surface area contributed by atoms with E-state index in [1.165, 1.54) is 13.2 Å². The Kier molecular flexibility index (Phi) is 9.12. The highest BCUT2D eigenvalue weighted by Crippen LogP contribution is 2.23. The molecule has 0 unspecified atom stereocenters. The molecular formula is C25H26N4O5. The second kappa shape index (κ2) is 12.7. The van der Waals surface area contributed by atoms with Gasteiger partial charge < -0.3 is 14.8 Å². The first-order valence-electron chi connectivity index (χ1n) is 10.6. The second-order valence-electron chi connectivity index (χ2n) is 7.22. The molecule has 0 saturated heterocycles. The fourth-order valence-corrected chi connectivity index (χ4v) is 3.05. The Labute approximate surface area is 197 Å². The molecule has 0 fully saturated rings. The van der Waals surface area contributed by atoms with Crippen LogP contribution in [-0.4, -0.2) is 54.6 Å². The molecule has 176 valence electrons. The molecule has 34 heavy (non-hydrogen) atoms. The number of carbonyl (C=O) groups excluding carboxylic acids is 3. The number of methoxy groups -OCH3 is 1. The number of esters is 1. The first-order chi connectivity index (χ1) is 16.5. The predicted molar refractivity (Wildman–Crippen MR) is 127 cm³/mol. The van der Waals surface area contributed by atoms with Crippen molar-refractivity contribution in [1.29, 1.82) is 0 Å². The normalized spacial score (nSPS) is 10.7. The molecule has 9 nitrogen and oxygen atoms in total. The highest BCUT2D eigenvalue weighted by molar-refractivity contribution is 5.96.